The fourth-order valence-electron chi connectivity index (χ4n) is 3.07. The quantitative estimate of drug-likeness (QED) is 0.771. The van der Waals surface area contributed by atoms with Gasteiger partial charge < -0.3 is 9.42 Å². The lowest BCUT2D eigenvalue weighted by molar-refractivity contribution is -0.134. The van der Waals surface area contributed by atoms with E-state index in [0.717, 1.165) is 37.4 Å². The van der Waals surface area contributed by atoms with E-state index < -0.39 is 0 Å². The first kappa shape index (κ1) is 17.0. The maximum absolute atomic E-state index is 12.2. The molecule has 128 valence electrons. The number of benzene rings is 1. The Hall–Kier alpha value is -1.82. The molecule has 0 aliphatic carbocycles. The van der Waals surface area contributed by atoms with Gasteiger partial charge in [0, 0.05) is 19.5 Å². The Bertz CT molecular complexity index is 659. The smallest absolute Gasteiger partial charge is 0.231 e. The summed E-state index contributed by atoms with van der Waals surface area (Å²) >= 11 is 1.68. The highest BCUT2D eigenvalue weighted by molar-refractivity contribution is 7.97. The van der Waals surface area contributed by atoms with E-state index in [4.69, 9.17) is 4.52 Å². The minimum atomic E-state index is 0.169. The Morgan fingerprint density at radius 2 is 2.17 bits per heavy atom. The number of thioether (sulfide) groups is 1. The number of piperidine rings is 1. The Morgan fingerprint density at radius 1 is 1.33 bits per heavy atom. The minimum absolute atomic E-state index is 0.169. The van der Waals surface area contributed by atoms with Gasteiger partial charge in [0.1, 0.15) is 0 Å². The van der Waals surface area contributed by atoms with Gasteiger partial charge in [-0.3, -0.25) is 4.79 Å². The molecule has 1 saturated heterocycles. The summed E-state index contributed by atoms with van der Waals surface area (Å²) in [6.07, 6.45) is 5.35. The molecule has 1 aliphatic heterocycles. The Morgan fingerprint density at radius 3 is 2.96 bits per heavy atom. The van der Waals surface area contributed by atoms with Crippen LogP contribution in [0.5, 0.6) is 0 Å². The van der Waals surface area contributed by atoms with Crippen molar-refractivity contribution in [1.29, 1.82) is 0 Å². The number of hydrogen-bond donors (Lipinski definition) is 0. The van der Waals surface area contributed by atoms with Crippen LogP contribution < -0.4 is 0 Å². The fraction of sp³-hybridized carbons (Fsp3) is 0.500. The highest BCUT2D eigenvalue weighted by atomic mass is 32.2. The second kappa shape index (κ2) is 8.33. The van der Waals surface area contributed by atoms with Gasteiger partial charge in [0.15, 0.2) is 5.82 Å². The summed E-state index contributed by atoms with van der Waals surface area (Å²) in [6, 6.07) is 10.4. The van der Waals surface area contributed by atoms with E-state index in [9.17, 15) is 4.79 Å². The zero-order valence-electron chi connectivity index (χ0n) is 14.0. The van der Waals surface area contributed by atoms with Crippen molar-refractivity contribution < 1.29 is 9.32 Å². The zero-order chi connectivity index (χ0) is 16.8. The molecular formula is C18H23N3O2S. The highest BCUT2D eigenvalue weighted by Gasteiger charge is 2.29. The number of nitrogens with zero attached hydrogens (tertiary/aromatic N) is 3. The van der Waals surface area contributed by atoms with Crippen LogP contribution >= 0.6 is 11.8 Å². The minimum Gasteiger partial charge on any atom is -0.342 e. The normalized spacial score (nSPS) is 18.1. The van der Waals surface area contributed by atoms with Gasteiger partial charge in [-0.05, 0) is 31.1 Å². The highest BCUT2D eigenvalue weighted by Crippen LogP contribution is 2.27. The molecule has 0 bridgehead atoms. The average Bonchev–Trinajstić information content (AvgIpc) is 3.06. The summed E-state index contributed by atoms with van der Waals surface area (Å²) in [5.74, 6) is 2.59. The summed E-state index contributed by atoms with van der Waals surface area (Å²) in [4.78, 5) is 18.6. The van der Waals surface area contributed by atoms with E-state index in [1.807, 2.05) is 17.2 Å². The number of aryl methyl sites for hydroxylation is 1. The van der Waals surface area contributed by atoms with Crippen molar-refractivity contribution in [2.75, 3.05) is 19.3 Å². The third-order valence-corrected chi connectivity index (χ3v) is 4.89. The predicted molar refractivity (Wildman–Crippen MR) is 94.8 cm³/mol. The first-order chi connectivity index (χ1) is 11.8. The number of aromatic nitrogens is 2. The van der Waals surface area contributed by atoms with Crippen molar-refractivity contribution >= 4 is 17.7 Å². The molecule has 1 amide bonds. The van der Waals surface area contributed by atoms with Gasteiger partial charge in [-0.25, -0.2) is 0 Å². The topological polar surface area (TPSA) is 59.2 Å². The van der Waals surface area contributed by atoms with Gasteiger partial charge in [-0.1, -0.05) is 35.5 Å². The van der Waals surface area contributed by atoms with Gasteiger partial charge in [0.2, 0.25) is 11.8 Å². The zero-order valence-corrected chi connectivity index (χ0v) is 14.8. The molecular weight excluding hydrogens is 322 g/mol. The fourth-order valence-corrected chi connectivity index (χ4v) is 3.45. The Balaban J connectivity index is 1.54. The first-order valence-corrected chi connectivity index (χ1v) is 9.78. The first-order valence-electron chi connectivity index (χ1n) is 8.39. The van der Waals surface area contributed by atoms with Gasteiger partial charge in [0.05, 0.1) is 11.7 Å². The molecule has 1 aromatic heterocycles. The largest absolute Gasteiger partial charge is 0.342 e. The second-order valence-electron chi connectivity index (χ2n) is 6.15. The lowest BCUT2D eigenvalue weighted by atomic mass is 9.97. The predicted octanol–water partition coefficient (Wildman–Crippen LogP) is 3.27. The van der Waals surface area contributed by atoms with Crippen molar-refractivity contribution in [2.45, 2.75) is 37.4 Å². The number of carbonyl (C=O) groups excluding carboxylic acids is 1. The summed E-state index contributed by atoms with van der Waals surface area (Å²) in [5.41, 5.74) is 1.32. The van der Waals surface area contributed by atoms with Crippen molar-refractivity contribution in [2.24, 2.45) is 0 Å². The molecule has 5 nitrogen and oxygen atoms in total. The molecule has 0 N–H and O–H groups in total. The van der Waals surface area contributed by atoms with Crippen LogP contribution in [0.1, 0.15) is 42.5 Å². The van der Waals surface area contributed by atoms with Gasteiger partial charge in [-0.15, -0.1) is 0 Å². The molecule has 1 fully saturated rings. The molecule has 2 aromatic rings. The lowest BCUT2D eigenvalue weighted by Gasteiger charge is -2.31. The van der Waals surface area contributed by atoms with Crippen LogP contribution in [-0.4, -0.2) is 40.3 Å². The number of hydrogen-bond acceptors (Lipinski definition) is 5. The van der Waals surface area contributed by atoms with Crippen LogP contribution in [0.4, 0.5) is 0 Å². The molecule has 0 radical (unpaired) electrons. The van der Waals surface area contributed by atoms with Crippen molar-refractivity contribution in [3.63, 3.8) is 0 Å². The number of rotatable bonds is 7. The Labute approximate surface area is 146 Å². The standard InChI is InChI=1S/C18H23N3O2S/c1-24-13-16-19-18(23-20-16)15-9-10-17(22)21(12-15)11-5-8-14-6-3-2-4-7-14/h2-4,6-7,15H,5,8-13H2,1H3/t15-/m0/s1. The number of carbonyl (C=O) groups is 1. The molecule has 0 unspecified atom stereocenters. The van der Waals surface area contributed by atoms with Crippen LogP contribution in [0.3, 0.4) is 0 Å². The summed E-state index contributed by atoms with van der Waals surface area (Å²) in [5, 5.41) is 4.02. The number of likely N-dealkylation sites (tertiary alicyclic amines) is 1. The molecule has 3 rings (SSSR count). The molecule has 0 saturated carbocycles. The number of amides is 1. The summed E-state index contributed by atoms with van der Waals surface area (Å²) in [6.45, 7) is 1.48. The molecule has 0 spiro atoms. The van der Waals surface area contributed by atoms with E-state index in [1.54, 1.807) is 11.8 Å². The van der Waals surface area contributed by atoms with Crippen LogP contribution in [0.2, 0.25) is 0 Å². The Kier molecular flexibility index (Phi) is 5.91. The molecule has 1 atom stereocenters. The summed E-state index contributed by atoms with van der Waals surface area (Å²) < 4.78 is 5.40. The van der Waals surface area contributed by atoms with Crippen LogP contribution in [0, 0.1) is 0 Å². The van der Waals surface area contributed by atoms with Crippen molar-refractivity contribution in [1.82, 2.24) is 15.0 Å². The SMILES string of the molecule is CSCc1noc([C@H]2CCC(=O)N(CCCc3ccccc3)C2)n1. The van der Waals surface area contributed by atoms with Gasteiger partial charge in [0.25, 0.3) is 0 Å². The molecule has 2 heterocycles. The van der Waals surface area contributed by atoms with E-state index in [1.165, 1.54) is 5.56 Å². The van der Waals surface area contributed by atoms with E-state index in [-0.39, 0.29) is 11.8 Å². The van der Waals surface area contributed by atoms with Crippen LogP contribution in [0.25, 0.3) is 0 Å². The maximum atomic E-state index is 12.2. The maximum Gasteiger partial charge on any atom is 0.231 e. The van der Waals surface area contributed by atoms with Crippen LogP contribution in [-0.2, 0) is 17.0 Å². The van der Waals surface area contributed by atoms with Gasteiger partial charge >= 0.3 is 0 Å². The van der Waals surface area contributed by atoms with Crippen molar-refractivity contribution in [3.05, 3.63) is 47.6 Å². The van der Waals surface area contributed by atoms with E-state index in [2.05, 4.69) is 34.4 Å². The lowest BCUT2D eigenvalue weighted by Crippen LogP contribution is -2.39. The summed E-state index contributed by atoms with van der Waals surface area (Å²) in [7, 11) is 0. The van der Waals surface area contributed by atoms with E-state index in [0.29, 0.717) is 18.9 Å². The second-order valence-corrected chi connectivity index (χ2v) is 7.01. The molecule has 1 aliphatic rings. The monoisotopic (exact) mass is 345 g/mol. The molecule has 1 aromatic carbocycles. The van der Waals surface area contributed by atoms with E-state index >= 15 is 0 Å². The molecule has 6 heteroatoms. The van der Waals surface area contributed by atoms with Crippen LogP contribution in [0.15, 0.2) is 34.9 Å². The average molecular weight is 345 g/mol. The van der Waals surface area contributed by atoms with Gasteiger partial charge in [-0.2, -0.15) is 16.7 Å². The third kappa shape index (κ3) is 4.38. The van der Waals surface area contributed by atoms with Crippen molar-refractivity contribution in [3.8, 4) is 0 Å². The molecule has 24 heavy (non-hydrogen) atoms. The third-order valence-electron chi connectivity index (χ3n) is 4.34.